The molecule has 0 saturated carbocycles. The van der Waals surface area contributed by atoms with E-state index in [1.807, 2.05) is 26.1 Å². The Hall–Kier alpha value is -1.10. The number of nitrogens with two attached hydrogens (primary N) is 1. The maximum absolute atomic E-state index is 6.33. The van der Waals surface area contributed by atoms with Gasteiger partial charge in [-0.05, 0) is 31.5 Å². The van der Waals surface area contributed by atoms with E-state index in [1.54, 1.807) is 11.3 Å². The van der Waals surface area contributed by atoms with Gasteiger partial charge in [0, 0.05) is 12.4 Å². The molecule has 0 spiro atoms. The minimum absolute atomic E-state index is 0.622. The van der Waals surface area contributed by atoms with Crippen LogP contribution in [0.4, 0.5) is 5.69 Å². The number of thiazole rings is 1. The minimum Gasteiger partial charge on any atom is -0.367 e. The van der Waals surface area contributed by atoms with Gasteiger partial charge in [-0.1, -0.05) is 23.7 Å². The van der Waals surface area contributed by atoms with Crippen LogP contribution in [0.1, 0.15) is 16.3 Å². The molecule has 0 atom stereocenters. The summed E-state index contributed by atoms with van der Waals surface area (Å²) in [5, 5.41) is 3.94. The van der Waals surface area contributed by atoms with Gasteiger partial charge in [0.05, 0.1) is 28.0 Å². The molecule has 102 valence electrons. The Morgan fingerprint density at radius 3 is 2.84 bits per heavy atom. The van der Waals surface area contributed by atoms with Crippen molar-refractivity contribution in [3.05, 3.63) is 44.9 Å². The van der Waals surface area contributed by atoms with Crippen molar-refractivity contribution in [2.75, 3.05) is 18.5 Å². The van der Waals surface area contributed by atoms with E-state index in [0.717, 1.165) is 34.4 Å². The Kier molecular flexibility index (Phi) is 4.80. The highest BCUT2D eigenvalue weighted by Gasteiger charge is 2.12. The van der Waals surface area contributed by atoms with E-state index in [-0.39, 0.29) is 0 Å². The first-order chi connectivity index (χ1) is 9.11. The predicted molar refractivity (Wildman–Crippen MR) is 83.2 cm³/mol. The van der Waals surface area contributed by atoms with E-state index in [1.165, 1.54) is 5.56 Å². The van der Waals surface area contributed by atoms with Crippen LogP contribution in [0, 0.1) is 6.92 Å². The summed E-state index contributed by atoms with van der Waals surface area (Å²) in [6.45, 7) is 3.39. The zero-order valence-corrected chi connectivity index (χ0v) is 12.8. The lowest BCUT2D eigenvalue weighted by Gasteiger charge is -2.23. The number of hydrogen-bond donors (Lipinski definition) is 1. The number of halogens is 1. The lowest BCUT2D eigenvalue weighted by molar-refractivity contribution is 0.870. The van der Waals surface area contributed by atoms with Crippen LogP contribution in [-0.4, -0.2) is 18.6 Å². The number of nitrogens with zero attached hydrogens (tertiary/aromatic N) is 2. The molecule has 0 unspecified atom stereocenters. The normalized spacial score (nSPS) is 10.7. The van der Waals surface area contributed by atoms with E-state index < -0.39 is 0 Å². The molecule has 1 aromatic carbocycles. The first-order valence-corrected chi connectivity index (χ1v) is 7.47. The number of hydrogen-bond acceptors (Lipinski definition) is 4. The number of para-hydroxylation sites is 1. The topological polar surface area (TPSA) is 42.2 Å². The first kappa shape index (κ1) is 14.3. The molecule has 1 aromatic heterocycles. The summed E-state index contributed by atoms with van der Waals surface area (Å²) in [5.41, 5.74) is 8.98. The lowest BCUT2D eigenvalue weighted by atomic mass is 10.1. The minimum atomic E-state index is 0.622. The predicted octanol–water partition coefficient (Wildman–Crippen LogP) is 3.24. The summed E-state index contributed by atoms with van der Waals surface area (Å²) in [6, 6.07) is 5.97. The van der Waals surface area contributed by atoms with Crippen LogP contribution >= 0.6 is 22.9 Å². The first-order valence-electron chi connectivity index (χ1n) is 6.21. The second kappa shape index (κ2) is 6.37. The fraction of sp³-hybridized carbons (Fsp3) is 0.357. The van der Waals surface area contributed by atoms with Crippen molar-refractivity contribution < 1.29 is 0 Å². The third kappa shape index (κ3) is 3.47. The van der Waals surface area contributed by atoms with Gasteiger partial charge in [0.1, 0.15) is 0 Å². The lowest BCUT2D eigenvalue weighted by Crippen LogP contribution is -2.19. The SMILES string of the molecule is Cc1nc(CN(C)c2c(Cl)cccc2CCN)cs1. The van der Waals surface area contributed by atoms with Crippen LogP contribution in [0.25, 0.3) is 0 Å². The quantitative estimate of drug-likeness (QED) is 0.921. The second-order valence-electron chi connectivity index (χ2n) is 4.50. The van der Waals surface area contributed by atoms with Gasteiger partial charge in [0.2, 0.25) is 0 Å². The van der Waals surface area contributed by atoms with Crippen molar-refractivity contribution in [2.45, 2.75) is 19.9 Å². The standard InChI is InChI=1S/C14H18ClN3S/c1-10-17-12(9-19-10)8-18(2)14-11(6-7-16)4-3-5-13(14)15/h3-5,9H,6-8,16H2,1-2H3. The van der Waals surface area contributed by atoms with Gasteiger partial charge in [-0.2, -0.15) is 0 Å². The summed E-state index contributed by atoms with van der Waals surface area (Å²) >= 11 is 8.00. The summed E-state index contributed by atoms with van der Waals surface area (Å²) in [4.78, 5) is 6.63. The number of rotatable bonds is 5. The van der Waals surface area contributed by atoms with Gasteiger partial charge in [-0.3, -0.25) is 0 Å². The Balaban J connectivity index is 2.24. The molecule has 0 saturated heterocycles. The Labute approximate surface area is 123 Å². The number of aryl methyl sites for hydroxylation is 1. The Morgan fingerprint density at radius 2 is 2.21 bits per heavy atom. The van der Waals surface area contributed by atoms with Gasteiger partial charge >= 0.3 is 0 Å². The van der Waals surface area contributed by atoms with E-state index in [0.29, 0.717) is 6.54 Å². The molecular formula is C14H18ClN3S. The van der Waals surface area contributed by atoms with Crippen LogP contribution in [0.3, 0.4) is 0 Å². The van der Waals surface area contributed by atoms with Crippen molar-refractivity contribution in [2.24, 2.45) is 5.73 Å². The summed E-state index contributed by atoms with van der Waals surface area (Å²) in [6.07, 6.45) is 0.830. The average Bonchev–Trinajstić information content (AvgIpc) is 2.75. The van der Waals surface area contributed by atoms with Gasteiger partial charge in [0.15, 0.2) is 0 Å². The maximum atomic E-state index is 6.33. The third-order valence-electron chi connectivity index (χ3n) is 2.93. The van der Waals surface area contributed by atoms with Gasteiger partial charge in [-0.25, -0.2) is 4.98 Å². The molecule has 0 radical (unpaired) electrons. The maximum Gasteiger partial charge on any atom is 0.0898 e. The summed E-state index contributed by atoms with van der Waals surface area (Å²) in [5.74, 6) is 0. The van der Waals surface area contributed by atoms with E-state index in [2.05, 4.69) is 21.3 Å². The van der Waals surface area contributed by atoms with Crippen LogP contribution in [0.15, 0.2) is 23.6 Å². The molecule has 19 heavy (non-hydrogen) atoms. The molecule has 5 heteroatoms. The van der Waals surface area contributed by atoms with Crippen molar-refractivity contribution in [1.82, 2.24) is 4.98 Å². The van der Waals surface area contributed by atoms with Gasteiger partial charge in [-0.15, -0.1) is 11.3 Å². The third-order valence-corrected chi connectivity index (χ3v) is 4.06. The number of aromatic nitrogens is 1. The fourth-order valence-corrected chi connectivity index (χ4v) is 3.09. The molecule has 0 amide bonds. The number of anilines is 1. The molecule has 0 aliphatic rings. The van der Waals surface area contributed by atoms with Crippen LogP contribution < -0.4 is 10.6 Å². The molecule has 0 bridgehead atoms. The molecular weight excluding hydrogens is 278 g/mol. The van der Waals surface area contributed by atoms with E-state index in [4.69, 9.17) is 17.3 Å². The van der Waals surface area contributed by atoms with Gasteiger partial charge < -0.3 is 10.6 Å². The van der Waals surface area contributed by atoms with E-state index >= 15 is 0 Å². The van der Waals surface area contributed by atoms with E-state index in [9.17, 15) is 0 Å². The van der Waals surface area contributed by atoms with Crippen LogP contribution in [-0.2, 0) is 13.0 Å². The monoisotopic (exact) mass is 295 g/mol. The Bertz CT molecular complexity index is 553. The van der Waals surface area contributed by atoms with Gasteiger partial charge in [0.25, 0.3) is 0 Å². The molecule has 0 aliphatic heterocycles. The average molecular weight is 296 g/mol. The molecule has 0 fully saturated rings. The Morgan fingerprint density at radius 1 is 1.42 bits per heavy atom. The molecule has 3 nitrogen and oxygen atoms in total. The highest BCUT2D eigenvalue weighted by molar-refractivity contribution is 7.09. The van der Waals surface area contributed by atoms with Crippen molar-refractivity contribution in [3.8, 4) is 0 Å². The fourth-order valence-electron chi connectivity index (χ4n) is 2.15. The zero-order chi connectivity index (χ0) is 13.8. The second-order valence-corrected chi connectivity index (χ2v) is 5.97. The molecule has 2 aromatic rings. The molecule has 1 heterocycles. The highest BCUT2D eigenvalue weighted by Crippen LogP contribution is 2.30. The highest BCUT2D eigenvalue weighted by atomic mass is 35.5. The molecule has 0 aliphatic carbocycles. The van der Waals surface area contributed by atoms with Crippen molar-refractivity contribution >= 4 is 28.6 Å². The largest absolute Gasteiger partial charge is 0.367 e. The van der Waals surface area contributed by atoms with Crippen LogP contribution in [0.2, 0.25) is 5.02 Å². The molecule has 2 rings (SSSR count). The molecule has 2 N–H and O–H groups in total. The van der Waals surface area contributed by atoms with Crippen LogP contribution in [0.5, 0.6) is 0 Å². The summed E-state index contributed by atoms with van der Waals surface area (Å²) in [7, 11) is 2.04. The smallest absolute Gasteiger partial charge is 0.0898 e. The summed E-state index contributed by atoms with van der Waals surface area (Å²) < 4.78 is 0. The van der Waals surface area contributed by atoms with Crippen molar-refractivity contribution in [1.29, 1.82) is 0 Å². The van der Waals surface area contributed by atoms with Crippen molar-refractivity contribution in [3.63, 3.8) is 0 Å². The zero-order valence-electron chi connectivity index (χ0n) is 11.2. The number of benzene rings is 1.